The molecule has 2 aliphatic rings. The summed E-state index contributed by atoms with van der Waals surface area (Å²) in [7, 11) is 0. The van der Waals surface area contributed by atoms with Crippen molar-refractivity contribution in [3.63, 3.8) is 0 Å². The van der Waals surface area contributed by atoms with E-state index in [1.165, 1.54) is 31.2 Å². The smallest absolute Gasteiger partial charge is 0.0595 e. The van der Waals surface area contributed by atoms with Crippen LogP contribution in [0.1, 0.15) is 38.2 Å². The SMILES string of the molecule is CCNCC1(c2ccc(Cl)c(Cl)c2)CC2(CC2)C1. The van der Waals surface area contributed by atoms with Gasteiger partial charge >= 0.3 is 0 Å². The molecule has 1 nitrogen and oxygen atoms in total. The molecule has 3 heteroatoms. The van der Waals surface area contributed by atoms with Crippen molar-refractivity contribution in [1.29, 1.82) is 0 Å². The van der Waals surface area contributed by atoms with Crippen LogP contribution in [0.15, 0.2) is 18.2 Å². The number of likely N-dealkylation sites (N-methyl/N-ethyl adjacent to an activating group) is 1. The highest BCUT2D eigenvalue weighted by molar-refractivity contribution is 6.42. The molecule has 18 heavy (non-hydrogen) atoms. The summed E-state index contributed by atoms with van der Waals surface area (Å²) in [5.74, 6) is 0. The molecule has 3 rings (SSSR count). The fourth-order valence-corrected chi connectivity index (χ4v) is 3.83. The van der Waals surface area contributed by atoms with Gasteiger partial charge in [-0.3, -0.25) is 0 Å². The third kappa shape index (κ3) is 2.07. The van der Waals surface area contributed by atoms with Gasteiger partial charge in [-0.15, -0.1) is 0 Å². The van der Waals surface area contributed by atoms with E-state index in [0.29, 0.717) is 20.9 Å². The molecule has 0 atom stereocenters. The Labute approximate surface area is 119 Å². The normalized spacial score (nSPS) is 22.8. The van der Waals surface area contributed by atoms with Crippen molar-refractivity contribution in [2.24, 2.45) is 5.41 Å². The first-order chi connectivity index (χ1) is 8.59. The zero-order valence-corrected chi connectivity index (χ0v) is 12.2. The van der Waals surface area contributed by atoms with Crippen LogP contribution in [0.2, 0.25) is 10.0 Å². The molecule has 0 heterocycles. The van der Waals surface area contributed by atoms with Crippen LogP contribution in [-0.4, -0.2) is 13.1 Å². The molecule has 1 aromatic rings. The summed E-state index contributed by atoms with van der Waals surface area (Å²) in [6.07, 6.45) is 5.46. The van der Waals surface area contributed by atoms with Crippen molar-refractivity contribution in [3.05, 3.63) is 33.8 Å². The predicted molar refractivity (Wildman–Crippen MR) is 77.6 cm³/mol. The molecule has 98 valence electrons. The first kappa shape index (κ1) is 12.8. The summed E-state index contributed by atoms with van der Waals surface area (Å²) in [5.41, 5.74) is 2.33. The third-order valence-electron chi connectivity index (χ3n) is 4.63. The number of hydrogen-bond acceptors (Lipinski definition) is 1. The molecule has 1 aromatic carbocycles. The van der Waals surface area contributed by atoms with Crippen molar-refractivity contribution in [3.8, 4) is 0 Å². The highest BCUT2D eigenvalue weighted by Crippen LogP contribution is 2.68. The van der Waals surface area contributed by atoms with Gasteiger partial charge in [0.05, 0.1) is 10.0 Å². The monoisotopic (exact) mass is 283 g/mol. The van der Waals surface area contributed by atoms with E-state index < -0.39 is 0 Å². The lowest BCUT2D eigenvalue weighted by molar-refractivity contribution is 0.117. The summed E-state index contributed by atoms with van der Waals surface area (Å²) in [6.45, 7) is 4.24. The lowest BCUT2D eigenvalue weighted by Gasteiger charge is -2.49. The maximum atomic E-state index is 6.17. The molecule has 0 amide bonds. The highest BCUT2D eigenvalue weighted by Gasteiger charge is 2.60. The largest absolute Gasteiger partial charge is 0.316 e. The van der Waals surface area contributed by atoms with Crippen LogP contribution in [0.4, 0.5) is 0 Å². The van der Waals surface area contributed by atoms with Crippen LogP contribution in [0.3, 0.4) is 0 Å². The molecule has 2 fully saturated rings. The summed E-state index contributed by atoms with van der Waals surface area (Å²) >= 11 is 12.2. The number of hydrogen-bond donors (Lipinski definition) is 1. The van der Waals surface area contributed by atoms with Crippen LogP contribution in [0.25, 0.3) is 0 Å². The summed E-state index contributed by atoms with van der Waals surface area (Å²) < 4.78 is 0. The fourth-order valence-electron chi connectivity index (χ4n) is 3.54. The van der Waals surface area contributed by atoms with Gasteiger partial charge in [0.15, 0.2) is 0 Å². The van der Waals surface area contributed by atoms with Crippen molar-refractivity contribution in [2.75, 3.05) is 13.1 Å². The second-order valence-corrected chi connectivity index (χ2v) is 6.86. The number of halogens is 2. The van der Waals surface area contributed by atoms with Crippen molar-refractivity contribution in [1.82, 2.24) is 5.32 Å². The number of rotatable bonds is 4. The summed E-state index contributed by atoms with van der Waals surface area (Å²) in [5, 5.41) is 4.85. The molecule has 0 bridgehead atoms. The van der Waals surface area contributed by atoms with E-state index in [0.717, 1.165) is 13.1 Å². The molecule has 2 aliphatic carbocycles. The predicted octanol–water partition coefficient (Wildman–Crippen LogP) is 4.41. The maximum Gasteiger partial charge on any atom is 0.0595 e. The second-order valence-electron chi connectivity index (χ2n) is 6.04. The summed E-state index contributed by atoms with van der Waals surface area (Å²) in [4.78, 5) is 0. The van der Waals surface area contributed by atoms with Gasteiger partial charge < -0.3 is 5.32 Å². The number of nitrogens with one attached hydrogen (secondary N) is 1. The lowest BCUT2D eigenvalue weighted by Crippen LogP contribution is -2.49. The molecule has 0 aliphatic heterocycles. The van der Waals surface area contributed by atoms with Crippen LogP contribution >= 0.6 is 23.2 Å². The molecule has 0 saturated heterocycles. The van der Waals surface area contributed by atoms with E-state index >= 15 is 0 Å². The van der Waals surface area contributed by atoms with Gasteiger partial charge in [-0.25, -0.2) is 0 Å². The Kier molecular flexibility index (Phi) is 3.12. The molecule has 2 saturated carbocycles. The van der Waals surface area contributed by atoms with E-state index in [-0.39, 0.29) is 0 Å². The van der Waals surface area contributed by atoms with Crippen molar-refractivity contribution < 1.29 is 0 Å². The number of benzene rings is 1. The van der Waals surface area contributed by atoms with Crippen LogP contribution in [-0.2, 0) is 5.41 Å². The van der Waals surface area contributed by atoms with Gasteiger partial charge in [0.25, 0.3) is 0 Å². The minimum absolute atomic E-state index is 0.292. The Morgan fingerprint density at radius 1 is 1.17 bits per heavy atom. The highest BCUT2D eigenvalue weighted by atomic mass is 35.5. The topological polar surface area (TPSA) is 12.0 Å². The molecular weight excluding hydrogens is 265 g/mol. The molecule has 1 N–H and O–H groups in total. The van der Waals surface area contributed by atoms with Crippen molar-refractivity contribution in [2.45, 2.75) is 38.0 Å². The van der Waals surface area contributed by atoms with Gasteiger partial charge in [-0.05, 0) is 55.3 Å². The third-order valence-corrected chi connectivity index (χ3v) is 5.37. The summed E-state index contributed by atoms with van der Waals surface area (Å²) in [6, 6.07) is 6.15. The van der Waals surface area contributed by atoms with Crippen molar-refractivity contribution >= 4 is 23.2 Å². The molecule has 0 radical (unpaired) electrons. The van der Waals surface area contributed by atoms with Crippen LogP contribution in [0, 0.1) is 5.41 Å². The average molecular weight is 284 g/mol. The molecule has 1 spiro atoms. The van der Waals surface area contributed by atoms with Gasteiger partial charge in [-0.1, -0.05) is 36.2 Å². The molecule has 0 unspecified atom stereocenters. The minimum Gasteiger partial charge on any atom is -0.316 e. The van der Waals surface area contributed by atoms with Gasteiger partial charge in [0, 0.05) is 12.0 Å². The Bertz CT molecular complexity index is 458. The van der Waals surface area contributed by atoms with E-state index in [4.69, 9.17) is 23.2 Å². The van der Waals surface area contributed by atoms with Gasteiger partial charge in [-0.2, -0.15) is 0 Å². The second kappa shape index (κ2) is 4.40. The van der Waals surface area contributed by atoms with Crippen LogP contribution < -0.4 is 5.32 Å². The Morgan fingerprint density at radius 3 is 2.44 bits per heavy atom. The van der Waals surface area contributed by atoms with E-state index in [9.17, 15) is 0 Å². The zero-order valence-electron chi connectivity index (χ0n) is 10.7. The molecule has 0 aromatic heterocycles. The first-order valence-corrected chi connectivity index (χ1v) is 7.51. The van der Waals surface area contributed by atoms with Gasteiger partial charge in [0.2, 0.25) is 0 Å². The molecular formula is C15H19Cl2N. The first-order valence-electron chi connectivity index (χ1n) is 6.76. The standard InChI is InChI=1S/C15H19Cl2N/c1-2-18-10-15(8-14(9-15)5-6-14)11-3-4-12(16)13(17)7-11/h3-4,7,18H,2,5-6,8-10H2,1H3. The maximum absolute atomic E-state index is 6.17. The Morgan fingerprint density at radius 2 is 1.89 bits per heavy atom. The minimum atomic E-state index is 0.292. The van der Waals surface area contributed by atoms with E-state index in [2.05, 4.69) is 24.4 Å². The zero-order chi connectivity index (χ0) is 12.8. The quantitative estimate of drug-likeness (QED) is 0.863. The van der Waals surface area contributed by atoms with E-state index in [1.54, 1.807) is 0 Å². The fraction of sp³-hybridized carbons (Fsp3) is 0.600. The van der Waals surface area contributed by atoms with Crippen LogP contribution in [0.5, 0.6) is 0 Å². The Hall–Kier alpha value is -0.240. The lowest BCUT2D eigenvalue weighted by atomic mass is 9.56. The van der Waals surface area contributed by atoms with E-state index in [1.807, 2.05) is 6.07 Å². The van der Waals surface area contributed by atoms with Gasteiger partial charge in [0.1, 0.15) is 0 Å². The average Bonchev–Trinajstić information content (AvgIpc) is 3.08. The Balaban J connectivity index is 1.86.